The average molecular weight is 245 g/mol. The van der Waals surface area contributed by atoms with Gasteiger partial charge >= 0.3 is 5.37 Å². The summed E-state index contributed by atoms with van der Waals surface area (Å²) in [6, 6.07) is 3.67. The SMILES string of the molecule is O=C(Cl)N1CCC[C@@H]1c1ccc(Cl)nc1. The van der Waals surface area contributed by atoms with Crippen LogP contribution >= 0.6 is 23.2 Å². The summed E-state index contributed by atoms with van der Waals surface area (Å²) in [4.78, 5) is 16.8. The van der Waals surface area contributed by atoms with Gasteiger partial charge in [0.2, 0.25) is 0 Å². The fraction of sp³-hybridized carbons (Fsp3) is 0.400. The Morgan fingerprint density at radius 3 is 2.93 bits per heavy atom. The molecule has 0 aliphatic carbocycles. The Bertz CT molecular complexity index is 366. The molecular formula is C10H10Cl2N2O. The van der Waals surface area contributed by atoms with Crippen molar-refractivity contribution in [2.24, 2.45) is 0 Å². The third kappa shape index (κ3) is 2.24. The minimum absolute atomic E-state index is 0.0553. The maximum atomic E-state index is 11.1. The zero-order chi connectivity index (χ0) is 10.8. The zero-order valence-electron chi connectivity index (χ0n) is 7.99. The molecule has 1 saturated heterocycles. The predicted molar refractivity (Wildman–Crippen MR) is 59.2 cm³/mol. The number of carbonyl (C=O) groups excluding carboxylic acids is 1. The molecule has 0 saturated carbocycles. The number of likely N-dealkylation sites (tertiary alicyclic amines) is 1. The molecule has 0 bridgehead atoms. The zero-order valence-corrected chi connectivity index (χ0v) is 9.50. The van der Waals surface area contributed by atoms with Crippen molar-refractivity contribution in [3.05, 3.63) is 29.0 Å². The topological polar surface area (TPSA) is 33.2 Å². The van der Waals surface area contributed by atoms with E-state index in [2.05, 4.69) is 4.98 Å². The fourth-order valence-electron chi connectivity index (χ4n) is 1.91. The number of carbonyl (C=O) groups is 1. The summed E-state index contributed by atoms with van der Waals surface area (Å²) >= 11 is 11.2. The highest BCUT2D eigenvalue weighted by molar-refractivity contribution is 6.62. The van der Waals surface area contributed by atoms with Crippen LogP contribution < -0.4 is 0 Å². The molecule has 5 heteroatoms. The smallest absolute Gasteiger partial charge is 0.316 e. The molecule has 0 N–H and O–H groups in total. The van der Waals surface area contributed by atoms with Crippen molar-refractivity contribution in [3.8, 4) is 0 Å². The van der Waals surface area contributed by atoms with Gasteiger partial charge in [-0.2, -0.15) is 0 Å². The number of halogens is 2. The van der Waals surface area contributed by atoms with Crippen molar-refractivity contribution in [3.63, 3.8) is 0 Å². The molecular weight excluding hydrogens is 235 g/mol. The van der Waals surface area contributed by atoms with Gasteiger partial charge in [-0.1, -0.05) is 17.7 Å². The van der Waals surface area contributed by atoms with Gasteiger partial charge in [0.1, 0.15) is 5.15 Å². The van der Waals surface area contributed by atoms with Crippen molar-refractivity contribution >= 4 is 28.6 Å². The molecule has 1 aromatic heterocycles. The Balaban J connectivity index is 2.22. The molecule has 1 aliphatic rings. The Morgan fingerprint density at radius 2 is 2.33 bits per heavy atom. The summed E-state index contributed by atoms with van der Waals surface area (Å²) in [6.45, 7) is 0.718. The standard InChI is InChI=1S/C10H10Cl2N2O/c11-9-4-3-7(6-13-9)8-2-1-5-14(8)10(12)15/h3-4,6,8H,1-2,5H2/t8-/m1/s1. The Morgan fingerprint density at radius 1 is 1.53 bits per heavy atom. The van der Waals surface area contributed by atoms with Gasteiger partial charge in [0.25, 0.3) is 0 Å². The van der Waals surface area contributed by atoms with Crippen LogP contribution in [0.5, 0.6) is 0 Å². The molecule has 1 atom stereocenters. The highest BCUT2D eigenvalue weighted by atomic mass is 35.5. The third-order valence-electron chi connectivity index (χ3n) is 2.61. The van der Waals surface area contributed by atoms with Gasteiger partial charge in [0.05, 0.1) is 6.04 Å². The normalized spacial score (nSPS) is 20.7. The molecule has 0 spiro atoms. The molecule has 1 aromatic rings. The second-order valence-electron chi connectivity index (χ2n) is 3.52. The Hall–Kier alpha value is -0.800. The van der Waals surface area contributed by atoms with E-state index in [0.717, 1.165) is 24.9 Å². The molecule has 2 rings (SSSR count). The quantitative estimate of drug-likeness (QED) is 0.432. The van der Waals surface area contributed by atoms with E-state index >= 15 is 0 Å². The van der Waals surface area contributed by atoms with Crippen molar-refractivity contribution < 1.29 is 4.79 Å². The van der Waals surface area contributed by atoms with Crippen molar-refractivity contribution in [2.45, 2.75) is 18.9 Å². The lowest BCUT2D eigenvalue weighted by atomic mass is 10.1. The molecule has 0 unspecified atom stereocenters. The van der Waals surface area contributed by atoms with Gasteiger partial charge < -0.3 is 4.90 Å². The highest BCUT2D eigenvalue weighted by Crippen LogP contribution is 2.32. The van der Waals surface area contributed by atoms with Gasteiger partial charge in [-0.15, -0.1) is 0 Å². The van der Waals surface area contributed by atoms with Gasteiger partial charge in [-0.3, -0.25) is 4.79 Å². The molecule has 1 amide bonds. The molecule has 1 aliphatic heterocycles. The first-order valence-corrected chi connectivity index (χ1v) is 5.51. The van der Waals surface area contributed by atoms with E-state index in [1.54, 1.807) is 17.2 Å². The van der Waals surface area contributed by atoms with Crippen LogP contribution in [0.25, 0.3) is 0 Å². The third-order valence-corrected chi connectivity index (χ3v) is 3.05. The van der Waals surface area contributed by atoms with Gasteiger partial charge in [-0.25, -0.2) is 4.98 Å². The minimum atomic E-state index is -0.396. The highest BCUT2D eigenvalue weighted by Gasteiger charge is 2.28. The van der Waals surface area contributed by atoms with E-state index in [9.17, 15) is 4.79 Å². The van der Waals surface area contributed by atoms with Crippen LogP contribution in [0.3, 0.4) is 0 Å². The van der Waals surface area contributed by atoms with Gasteiger partial charge in [-0.05, 0) is 36.1 Å². The number of nitrogens with zero attached hydrogens (tertiary/aromatic N) is 2. The van der Waals surface area contributed by atoms with E-state index < -0.39 is 5.37 Å². The van der Waals surface area contributed by atoms with Crippen LogP contribution in [0, 0.1) is 0 Å². The maximum Gasteiger partial charge on any atom is 0.316 e. The Kier molecular flexibility index (Phi) is 3.12. The molecule has 80 valence electrons. The van der Waals surface area contributed by atoms with Crippen LogP contribution in [-0.2, 0) is 0 Å². The van der Waals surface area contributed by atoms with Crippen molar-refractivity contribution in [1.82, 2.24) is 9.88 Å². The fourth-order valence-corrected chi connectivity index (χ4v) is 2.22. The van der Waals surface area contributed by atoms with Crippen LogP contribution in [0.15, 0.2) is 18.3 Å². The second kappa shape index (κ2) is 4.37. The molecule has 0 radical (unpaired) electrons. The lowest BCUT2D eigenvalue weighted by Gasteiger charge is -2.21. The lowest BCUT2D eigenvalue weighted by Crippen LogP contribution is -2.25. The Labute approximate surface area is 98.0 Å². The van der Waals surface area contributed by atoms with E-state index in [4.69, 9.17) is 23.2 Å². The molecule has 1 fully saturated rings. The van der Waals surface area contributed by atoms with E-state index in [0.29, 0.717) is 5.15 Å². The van der Waals surface area contributed by atoms with Crippen LogP contribution in [-0.4, -0.2) is 21.8 Å². The summed E-state index contributed by atoms with van der Waals surface area (Å²) in [7, 11) is 0. The van der Waals surface area contributed by atoms with Crippen LogP contribution in [0.4, 0.5) is 4.79 Å². The van der Waals surface area contributed by atoms with E-state index in [-0.39, 0.29) is 6.04 Å². The molecule has 15 heavy (non-hydrogen) atoms. The average Bonchev–Trinajstić information content (AvgIpc) is 2.67. The largest absolute Gasteiger partial charge is 0.322 e. The number of hydrogen-bond acceptors (Lipinski definition) is 2. The van der Waals surface area contributed by atoms with Gasteiger partial charge in [0.15, 0.2) is 0 Å². The summed E-state index contributed by atoms with van der Waals surface area (Å²) in [5.41, 5.74) is 0.992. The van der Waals surface area contributed by atoms with Crippen molar-refractivity contribution in [1.29, 1.82) is 0 Å². The predicted octanol–water partition coefficient (Wildman–Crippen LogP) is 3.23. The van der Waals surface area contributed by atoms with Crippen molar-refractivity contribution in [2.75, 3.05) is 6.54 Å². The number of rotatable bonds is 1. The summed E-state index contributed by atoms with van der Waals surface area (Å²) < 4.78 is 0. The molecule has 2 heterocycles. The first-order chi connectivity index (χ1) is 7.18. The van der Waals surface area contributed by atoms with Crippen LogP contribution in [0.1, 0.15) is 24.4 Å². The second-order valence-corrected chi connectivity index (χ2v) is 4.23. The lowest BCUT2D eigenvalue weighted by molar-refractivity contribution is 0.217. The van der Waals surface area contributed by atoms with Crippen LogP contribution in [0.2, 0.25) is 5.15 Å². The number of amides is 1. The molecule has 3 nitrogen and oxygen atoms in total. The molecule has 0 aromatic carbocycles. The summed E-state index contributed by atoms with van der Waals surface area (Å²) in [5.74, 6) is 0. The first kappa shape index (κ1) is 10.7. The van der Waals surface area contributed by atoms with E-state index in [1.807, 2.05) is 6.07 Å². The van der Waals surface area contributed by atoms with Gasteiger partial charge in [0, 0.05) is 12.7 Å². The summed E-state index contributed by atoms with van der Waals surface area (Å²) in [6.07, 6.45) is 3.61. The minimum Gasteiger partial charge on any atom is -0.322 e. The number of pyridine rings is 1. The maximum absolute atomic E-state index is 11.1. The first-order valence-electron chi connectivity index (χ1n) is 4.76. The monoisotopic (exact) mass is 244 g/mol. The number of hydrogen-bond donors (Lipinski definition) is 0. The summed E-state index contributed by atoms with van der Waals surface area (Å²) in [5, 5.41) is 0.0629. The van der Waals surface area contributed by atoms with E-state index in [1.165, 1.54) is 0 Å². The number of aromatic nitrogens is 1.